The van der Waals surface area contributed by atoms with Crippen molar-refractivity contribution >= 4 is 12.2 Å². The Morgan fingerprint density at radius 1 is 1.27 bits per heavy atom. The summed E-state index contributed by atoms with van der Waals surface area (Å²) < 4.78 is 5.88. The van der Waals surface area contributed by atoms with Crippen LogP contribution in [0.1, 0.15) is 49.2 Å². The summed E-state index contributed by atoms with van der Waals surface area (Å²) in [5.74, 6) is 0.732. The summed E-state index contributed by atoms with van der Waals surface area (Å²) in [6.45, 7) is 8.62. The van der Waals surface area contributed by atoms with Crippen LogP contribution >= 0.6 is 0 Å². The van der Waals surface area contributed by atoms with Gasteiger partial charge in [0.1, 0.15) is 0 Å². The second-order valence-electron chi connectivity index (χ2n) is 8.26. The molecule has 0 bridgehead atoms. The van der Waals surface area contributed by atoms with Crippen molar-refractivity contribution in [3.05, 3.63) is 52.8 Å². The van der Waals surface area contributed by atoms with Gasteiger partial charge < -0.3 is 4.74 Å². The van der Waals surface area contributed by atoms with Gasteiger partial charge in [-0.15, -0.1) is 0 Å². The Kier molecular flexibility index (Phi) is 4.96. The number of nitrogens with one attached hydrogen (secondary N) is 1. The van der Waals surface area contributed by atoms with E-state index in [2.05, 4.69) is 65.4 Å². The number of ether oxygens (including phenoxy) is 1. The average molecular weight is 351 g/mol. The molecule has 4 nitrogen and oxygen atoms in total. The van der Waals surface area contributed by atoms with E-state index in [-0.39, 0.29) is 5.60 Å². The first-order valence-corrected chi connectivity index (χ1v) is 9.75. The molecule has 2 aliphatic heterocycles. The predicted molar refractivity (Wildman–Crippen MR) is 106 cm³/mol. The molecular weight excluding hydrogens is 322 g/mol. The van der Waals surface area contributed by atoms with Crippen molar-refractivity contribution in [1.82, 2.24) is 15.1 Å². The lowest BCUT2D eigenvalue weighted by Gasteiger charge is -2.38. The second-order valence-corrected chi connectivity index (χ2v) is 8.26. The molecule has 26 heavy (non-hydrogen) atoms. The minimum Gasteiger partial charge on any atom is -0.376 e. The molecule has 3 heterocycles. The van der Waals surface area contributed by atoms with E-state index < -0.39 is 0 Å². The summed E-state index contributed by atoms with van der Waals surface area (Å²) in [7, 11) is 0. The highest BCUT2D eigenvalue weighted by molar-refractivity contribution is 5.69. The van der Waals surface area contributed by atoms with Crippen LogP contribution in [0, 0.1) is 5.92 Å². The van der Waals surface area contributed by atoms with Gasteiger partial charge in [-0.05, 0) is 44.2 Å². The predicted octanol–water partition coefficient (Wildman–Crippen LogP) is 4.14. The Bertz CT molecular complexity index is 763. The second kappa shape index (κ2) is 7.37. The Morgan fingerprint density at radius 3 is 2.92 bits per heavy atom. The minimum atomic E-state index is 0.0308. The molecule has 1 saturated heterocycles. The lowest BCUT2D eigenvalue weighted by molar-refractivity contribution is -0.0773. The molecule has 0 radical (unpaired) electrons. The molecule has 2 aliphatic rings. The monoisotopic (exact) mass is 351 g/mol. The first kappa shape index (κ1) is 17.5. The summed E-state index contributed by atoms with van der Waals surface area (Å²) in [6.07, 6.45) is 7.69. The summed E-state index contributed by atoms with van der Waals surface area (Å²) in [5, 5.41) is 7.81. The van der Waals surface area contributed by atoms with Crippen molar-refractivity contribution in [2.75, 3.05) is 19.7 Å². The highest BCUT2D eigenvalue weighted by Gasteiger charge is 2.31. The van der Waals surface area contributed by atoms with Crippen LogP contribution in [-0.2, 0) is 17.7 Å². The fourth-order valence-corrected chi connectivity index (χ4v) is 4.29. The maximum atomic E-state index is 5.88. The Labute approximate surface area is 156 Å². The highest BCUT2D eigenvalue weighted by Crippen LogP contribution is 2.30. The molecule has 1 aromatic heterocycles. The van der Waals surface area contributed by atoms with Gasteiger partial charge in [0, 0.05) is 43.9 Å². The zero-order valence-corrected chi connectivity index (χ0v) is 15.9. The topological polar surface area (TPSA) is 41.2 Å². The van der Waals surface area contributed by atoms with E-state index in [0.29, 0.717) is 0 Å². The van der Waals surface area contributed by atoms with Crippen LogP contribution in [0.2, 0.25) is 0 Å². The molecule has 4 rings (SSSR count). The third kappa shape index (κ3) is 4.08. The van der Waals surface area contributed by atoms with Gasteiger partial charge in [-0.2, -0.15) is 5.10 Å². The van der Waals surface area contributed by atoms with Crippen molar-refractivity contribution < 1.29 is 4.74 Å². The average Bonchev–Trinajstić information content (AvgIpc) is 3.02. The number of hydrogen-bond donors (Lipinski definition) is 1. The summed E-state index contributed by atoms with van der Waals surface area (Å²) in [5.41, 5.74) is 5.00. The third-order valence-electron chi connectivity index (χ3n) is 5.59. The number of nitrogens with zero attached hydrogens (tertiary/aromatic N) is 2. The Hall–Kier alpha value is -1.91. The van der Waals surface area contributed by atoms with Crippen LogP contribution in [0.3, 0.4) is 0 Å². The number of hydrogen-bond acceptors (Lipinski definition) is 3. The largest absolute Gasteiger partial charge is 0.376 e. The van der Waals surface area contributed by atoms with Gasteiger partial charge in [-0.25, -0.2) is 0 Å². The van der Waals surface area contributed by atoms with E-state index in [1.54, 1.807) is 0 Å². The van der Waals surface area contributed by atoms with E-state index in [1.807, 2.05) is 6.07 Å². The van der Waals surface area contributed by atoms with Gasteiger partial charge in [0.25, 0.3) is 0 Å². The van der Waals surface area contributed by atoms with Crippen LogP contribution < -0.4 is 0 Å². The molecule has 0 aliphatic carbocycles. The number of fused-ring (bicyclic) bond motifs is 1. The minimum absolute atomic E-state index is 0.0308. The molecule has 1 fully saturated rings. The molecule has 1 aromatic carbocycles. The number of H-pyrrole nitrogens is 1. The van der Waals surface area contributed by atoms with Gasteiger partial charge in [0.2, 0.25) is 0 Å². The lowest BCUT2D eigenvalue weighted by Crippen LogP contribution is -2.41. The summed E-state index contributed by atoms with van der Waals surface area (Å²) in [6, 6.07) is 10.4. The van der Waals surface area contributed by atoms with E-state index in [4.69, 9.17) is 4.74 Å². The zero-order chi connectivity index (χ0) is 18.0. The SMILES string of the molecule is CC1(C)CC(CN2CCc3[nH]nc(/C=C/c4ccccc4)c3C2)CCO1. The van der Waals surface area contributed by atoms with Crippen LogP contribution in [-0.4, -0.2) is 40.4 Å². The molecule has 4 heteroatoms. The van der Waals surface area contributed by atoms with Crippen LogP contribution in [0.5, 0.6) is 0 Å². The van der Waals surface area contributed by atoms with Gasteiger partial charge >= 0.3 is 0 Å². The van der Waals surface area contributed by atoms with E-state index in [1.165, 1.54) is 29.8 Å². The molecular formula is C22H29N3O. The van der Waals surface area contributed by atoms with Gasteiger partial charge in [-0.1, -0.05) is 36.4 Å². The molecule has 138 valence electrons. The number of aromatic amines is 1. The fourth-order valence-electron chi connectivity index (χ4n) is 4.29. The molecule has 1 N–H and O–H groups in total. The normalized spacial score (nSPS) is 23.2. The zero-order valence-electron chi connectivity index (χ0n) is 15.9. The van der Waals surface area contributed by atoms with Gasteiger partial charge in [0.05, 0.1) is 11.3 Å². The number of aromatic nitrogens is 2. The fraction of sp³-hybridized carbons (Fsp3) is 0.500. The quantitative estimate of drug-likeness (QED) is 0.900. The third-order valence-corrected chi connectivity index (χ3v) is 5.59. The Morgan fingerprint density at radius 2 is 2.12 bits per heavy atom. The van der Waals surface area contributed by atoms with Crippen LogP contribution in [0.4, 0.5) is 0 Å². The van der Waals surface area contributed by atoms with Crippen molar-refractivity contribution in [3.63, 3.8) is 0 Å². The summed E-state index contributed by atoms with van der Waals surface area (Å²) in [4.78, 5) is 2.60. The smallest absolute Gasteiger partial charge is 0.0896 e. The number of rotatable bonds is 4. The maximum Gasteiger partial charge on any atom is 0.0896 e. The molecule has 0 spiro atoms. The summed E-state index contributed by atoms with van der Waals surface area (Å²) >= 11 is 0. The molecule has 1 unspecified atom stereocenters. The number of benzene rings is 1. The van der Waals surface area contributed by atoms with Crippen molar-refractivity contribution in [1.29, 1.82) is 0 Å². The van der Waals surface area contributed by atoms with Crippen molar-refractivity contribution in [3.8, 4) is 0 Å². The lowest BCUT2D eigenvalue weighted by atomic mass is 9.87. The van der Waals surface area contributed by atoms with E-state index in [0.717, 1.165) is 44.1 Å². The van der Waals surface area contributed by atoms with E-state index in [9.17, 15) is 0 Å². The first-order chi connectivity index (χ1) is 12.6. The Balaban J connectivity index is 1.43. The maximum absolute atomic E-state index is 5.88. The molecule has 1 atom stereocenters. The highest BCUT2D eigenvalue weighted by atomic mass is 16.5. The van der Waals surface area contributed by atoms with E-state index >= 15 is 0 Å². The standard InChI is InChI=1S/C22H29N3O/c1-22(2)14-18(11-13-26-22)15-25-12-10-21-19(16-25)20(23-24-21)9-8-17-6-4-3-5-7-17/h3-9,18H,10-16H2,1-2H3,(H,23,24)/b9-8+. The van der Waals surface area contributed by atoms with Gasteiger partial charge in [0.15, 0.2) is 0 Å². The van der Waals surface area contributed by atoms with Crippen molar-refractivity contribution in [2.45, 2.75) is 45.3 Å². The molecule has 0 saturated carbocycles. The molecule has 2 aromatic rings. The van der Waals surface area contributed by atoms with Gasteiger partial charge in [-0.3, -0.25) is 10.00 Å². The van der Waals surface area contributed by atoms with Crippen LogP contribution in [0.25, 0.3) is 12.2 Å². The van der Waals surface area contributed by atoms with Crippen molar-refractivity contribution in [2.24, 2.45) is 5.92 Å². The molecule has 0 amide bonds. The van der Waals surface area contributed by atoms with Crippen LogP contribution in [0.15, 0.2) is 30.3 Å². The first-order valence-electron chi connectivity index (χ1n) is 9.75.